The highest BCUT2D eigenvalue weighted by Crippen LogP contribution is 2.19. The summed E-state index contributed by atoms with van der Waals surface area (Å²) in [7, 11) is 1.64. The fourth-order valence-electron chi connectivity index (χ4n) is 4.03. The van der Waals surface area contributed by atoms with Crippen molar-refractivity contribution in [1.82, 2.24) is 14.8 Å². The van der Waals surface area contributed by atoms with E-state index in [1.807, 2.05) is 61.3 Å². The number of benzene rings is 2. The van der Waals surface area contributed by atoms with E-state index < -0.39 is 0 Å². The number of aromatic nitrogens is 1. The molecule has 2 amide bonds. The van der Waals surface area contributed by atoms with Crippen LogP contribution in [0.2, 0.25) is 0 Å². The number of carbonyl (C=O) groups is 2. The van der Waals surface area contributed by atoms with E-state index in [0.29, 0.717) is 26.1 Å². The highest BCUT2D eigenvalue weighted by molar-refractivity contribution is 5.85. The van der Waals surface area contributed by atoms with Crippen molar-refractivity contribution >= 4 is 22.7 Å². The average Bonchev–Trinajstić information content (AvgIpc) is 3.25. The fourth-order valence-corrected chi connectivity index (χ4v) is 4.03. The molecule has 33 heavy (non-hydrogen) atoms. The molecule has 0 fully saturated rings. The Balaban J connectivity index is 1.77. The molecule has 1 aromatic heterocycles. The maximum Gasteiger partial charge on any atom is 0.242 e. The van der Waals surface area contributed by atoms with Crippen molar-refractivity contribution in [2.75, 3.05) is 26.7 Å². The van der Waals surface area contributed by atoms with Crippen LogP contribution in [-0.2, 0) is 22.6 Å². The van der Waals surface area contributed by atoms with Crippen molar-refractivity contribution in [3.05, 3.63) is 65.9 Å². The third-order valence-corrected chi connectivity index (χ3v) is 5.85. The molecular weight excluding hydrogens is 414 g/mol. The zero-order valence-corrected chi connectivity index (χ0v) is 20.0. The third-order valence-electron chi connectivity index (χ3n) is 5.85. The van der Waals surface area contributed by atoms with Gasteiger partial charge in [0.1, 0.15) is 5.75 Å². The summed E-state index contributed by atoms with van der Waals surface area (Å²) < 4.78 is 5.26. The van der Waals surface area contributed by atoms with Gasteiger partial charge in [0.05, 0.1) is 13.7 Å². The maximum atomic E-state index is 13.4. The van der Waals surface area contributed by atoms with Crippen LogP contribution >= 0.6 is 0 Å². The number of ether oxygens (including phenoxy) is 1. The summed E-state index contributed by atoms with van der Waals surface area (Å²) in [6, 6.07) is 16.0. The highest BCUT2D eigenvalue weighted by atomic mass is 16.5. The number of hydrogen-bond donors (Lipinski definition) is 1. The molecular formula is C27H35N3O3. The van der Waals surface area contributed by atoms with E-state index in [4.69, 9.17) is 4.74 Å². The molecule has 1 N–H and O–H groups in total. The molecule has 0 aliphatic rings. The zero-order chi connectivity index (χ0) is 23.6. The van der Waals surface area contributed by atoms with Gasteiger partial charge in [-0.2, -0.15) is 0 Å². The standard InChI is InChI=1S/C27H35N3O3/c1-4-8-26(31)29(16-5-2)20-27(32)30(19-21-11-13-23(33-3)14-12-21)17-15-22-18-28-25-10-7-6-9-24(22)25/h6-7,9-14,18,28H,4-5,8,15-17,19-20H2,1-3H3. The van der Waals surface area contributed by atoms with Crippen LogP contribution in [0.5, 0.6) is 5.75 Å². The molecule has 6 nitrogen and oxygen atoms in total. The lowest BCUT2D eigenvalue weighted by Crippen LogP contribution is -2.43. The second-order valence-corrected chi connectivity index (χ2v) is 8.34. The van der Waals surface area contributed by atoms with Gasteiger partial charge in [0.15, 0.2) is 0 Å². The van der Waals surface area contributed by atoms with Crippen molar-refractivity contribution < 1.29 is 14.3 Å². The van der Waals surface area contributed by atoms with Crippen LogP contribution in [0, 0.1) is 0 Å². The lowest BCUT2D eigenvalue weighted by Gasteiger charge is -2.28. The third kappa shape index (κ3) is 6.60. The molecule has 0 spiro atoms. The van der Waals surface area contributed by atoms with Crippen molar-refractivity contribution in [3.63, 3.8) is 0 Å². The molecule has 0 saturated carbocycles. The number of amides is 2. The molecule has 176 valence electrons. The van der Waals surface area contributed by atoms with Gasteiger partial charge in [0, 0.05) is 43.2 Å². The quantitative estimate of drug-likeness (QED) is 0.432. The topological polar surface area (TPSA) is 65.6 Å². The van der Waals surface area contributed by atoms with Crippen molar-refractivity contribution in [1.29, 1.82) is 0 Å². The van der Waals surface area contributed by atoms with E-state index >= 15 is 0 Å². The Hall–Kier alpha value is -3.28. The average molecular weight is 450 g/mol. The van der Waals surface area contributed by atoms with Crippen LogP contribution in [0.4, 0.5) is 0 Å². The maximum absolute atomic E-state index is 13.4. The summed E-state index contributed by atoms with van der Waals surface area (Å²) in [5.41, 5.74) is 3.32. The van der Waals surface area contributed by atoms with Crippen LogP contribution in [0.3, 0.4) is 0 Å². The fraction of sp³-hybridized carbons (Fsp3) is 0.407. The molecule has 0 bridgehead atoms. The molecule has 0 aliphatic heterocycles. The van der Waals surface area contributed by atoms with Gasteiger partial charge in [-0.15, -0.1) is 0 Å². The monoisotopic (exact) mass is 449 g/mol. The second-order valence-electron chi connectivity index (χ2n) is 8.34. The first kappa shape index (κ1) is 24.4. The van der Waals surface area contributed by atoms with Gasteiger partial charge in [0.25, 0.3) is 0 Å². The zero-order valence-electron chi connectivity index (χ0n) is 20.0. The molecule has 2 aromatic carbocycles. The molecule has 0 saturated heterocycles. The number of carbonyl (C=O) groups excluding carboxylic acids is 2. The summed E-state index contributed by atoms with van der Waals surface area (Å²) in [6.45, 7) is 5.81. The number of para-hydroxylation sites is 1. The molecule has 3 rings (SSSR count). The number of fused-ring (bicyclic) bond motifs is 1. The van der Waals surface area contributed by atoms with Crippen molar-refractivity contribution in [3.8, 4) is 5.75 Å². The summed E-state index contributed by atoms with van der Waals surface area (Å²) >= 11 is 0. The number of nitrogens with one attached hydrogen (secondary N) is 1. The summed E-state index contributed by atoms with van der Waals surface area (Å²) in [6.07, 6.45) is 4.85. The van der Waals surface area contributed by atoms with Gasteiger partial charge in [0.2, 0.25) is 11.8 Å². The first-order valence-electron chi connectivity index (χ1n) is 11.8. The predicted octanol–water partition coefficient (Wildman–Crippen LogP) is 4.79. The van der Waals surface area contributed by atoms with Gasteiger partial charge in [-0.3, -0.25) is 9.59 Å². The minimum Gasteiger partial charge on any atom is -0.497 e. The number of nitrogens with zero attached hydrogens (tertiary/aromatic N) is 2. The van der Waals surface area contributed by atoms with Crippen LogP contribution in [0.15, 0.2) is 54.7 Å². The Morgan fingerprint density at radius 3 is 2.36 bits per heavy atom. The number of hydrogen-bond acceptors (Lipinski definition) is 3. The molecule has 0 unspecified atom stereocenters. The normalized spacial score (nSPS) is 10.9. The molecule has 6 heteroatoms. The van der Waals surface area contributed by atoms with E-state index in [1.54, 1.807) is 12.0 Å². The molecule has 0 radical (unpaired) electrons. The summed E-state index contributed by atoms with van der Waals surface area (Å²) in [5.74, 6) is 0.812. The molecule has 3 aromatic rings. The van der Waals surface area contributed by atoms with E-state index in [2.05, 4.69) is 17.1 Å². The largest absolute Gasteiger partial charge is 0.497 e. The lowest BCUT2D eigenvalue weighted by molar-refractivity contribution is -0.141. The van der Waals surface area contributed by atoms with E-state index in [-0.39, 0.29) is 18.4 Å². The van der Waals surface area contributed by atoms with Gasteiger partial charge in [-0.05, 0) is 48.6 Å². The van der Waals surface area contributed by atoms with Crippen LogP contribution in [0.25, 0.3) is 10.9 Å². The Labute approximate surface area is 196 Å². The first-order valence-corrected chi connectivity index (χ1v) is 11.8. The van der Waals surface area contributed by atoms with Gasteiger partial charge in [-0.1, -0.05) is 44.2 Å². The summed E-state index contributed by atoms with van der Waals surface area (Å²) in [4.78, 5) is 32.8. The van der Waals surface area contributed by atoms with Crippen LogP contribution < -0.4 is 4.74 Å². The van der Waals surface area contributed by atoms with Crippen molar-refractivity contribution in [2.24, 2.45) is 0 Å². The minimum atomic E-state index is -0.0245. The Morgan fingerprint density at radius 1 is 0.909 bits per heavy atom. The van der Waals surface area contributed by atoms with Gasteiger partial charge < -0.3 is 19.5 Å². The van der Waals surface area contributed by atoms with Crippen LogP contribution in [-0.4, -0.2) is 53.3 Å². The van der Waals surface area contributed by atoms with Crippen molar-refractivity contribution in [2.45, 2.75) is 46.1 Å². The lowest BCUT2D eigenvalue weighted by atomic mass is 10.1. The minimum absolute atomic E-state index is 0.0245. The Bertz CT molecular complexity index is 1040. The summed E-state index contributed by atoms with van der Waals surface area (Å²) in [5, 5.41) is 1.18. The van der Waals surface area contributed by atoms with Gasteiger partial charge in [-0.25, -0.2) is 0 Å². The number of rotatable bonds is 12. The second kappa shape index (κ2) is 12.1. The number of aromatic amines is 1. The van der Waals surface area contributed by atoms with E-state index in [9.17, 15) is 9.59 Å². The SMILES string of the molecule is CCCC(=O)N(CCC)CC(=O)N(CCc1c[nH]c2ccccc12)Cc1ccc(OC)cc1. The highest BCUT2D eigenvalue weighted by Gasteiger charge is 2.21. The first-order chi connectivity index (χ1) is 16.0. The predicted molar refractivity (Wildman–Crippen MR) is 132 cm³/mol. The smallest absolute Gasteiger partial charge is 0.242 e. The van der Waals surface area contributed by atoms with Gasteiger partial charge >= 0.3 is 0 Å². The van der Waals surface area contributed by atoms with Crippen LogP contribution in [0.1, 0.15) is 44.2 Å². The van der Waals surface area contributed by atoms with E-state index in [0.717, 1.165) is 36.1 Å². The molecule has 1 heterocycles. The Kier molecular flexibility index (Phi) is 8.93. The number of H-pyrrole nitrogens is 1. The molecule has 0 aliphatic carbocycles. The molecule has 0 atom stereocenters. The number of methoxy groups -OCH3 is 1. The Morgan fingerprint density at radius 2 is 1.67 bits per heavy atom. The van der Waals surface area contributed by atoms with E-state index in [1.165, 1.54) is 10.9 Å².